The Morgan fingerprint density at radius 2 is 1.88 bits per heavy atom. The largest absolute Gasteiger partial charge is 0.506 e. The van der Waals surface area contributed by atoms with Gasteiger partial charge in [-0.25, -0.2) is 0 Å². The van der Waals surface area contributed by atoms with Gasteiger partial charge in [0.1, 0.15) is 11.4 Å². The van der Waals surface area contributed by atoms with Gasteiger partial charge in [0.25, 0.3) is 0 Å². The Balaban J connectivity index is 1.05. The van der Waals surface area contributed by atoms with E-state index in [0.29, 0.717) is 30.6 Å². The number of phenolic OH excluding ortho intramolecular Hbond substituents is 2. The fourth-order valence-corrected chi connectivity index (χ4v) is 10.3. The fraction of sp³-hybridized carbons (Fsp3) is 0.711. The molecule has 0 spiro atoms. The minimum atomic E-state index is -0.759. The van der Waals surface area contributed by atoms with Crippen molar-refractivity contribution in [3.8, 4) is 11.5 Å². The lowest BCUT2D eigenvalue weighted by Crippen LogP contribution is -2.53. The Morgan fingerprint density at radius 3 is 2.62 bits per heavy atom. The molecule has 3 fully saturated rings. The van der Waals surface area contributed by atoms with E-state index >= 15 is 0 Å². The van der Waals surface area contributed by atoms with Gasteiger partial charge in [-0.15, -0.1) is 0 Å². The second-order valence-electron chi connectivity index (χ2n) is 16.0. The fourth-order valence-electron chi connectivity index (χ4n) is 10.3. The van der Waals surface area contributed by atoms with Gasteiger partial charge in [0.2, 0.25) is 12.3 Å². The van der Waals surface area contributed by atoms with Crippen LogP contribution in [0.4, 0.5) is 11.4 Å². The highest BCUT2D eigenvalue weighted by atomic mass is 16.5. The first-order chi connectivity index (χ1) is 22.7. The van der Waals surface area contributed by atoms with Crippen LogP contribution in [0.3, 0.4) is 0 Å². The molecule has 0 aliphatic heterocycles. The number of carbonyl (C=O) groups is 3. The van der Waals surface area contributed by atoms with Crippen LogP contribution in [0.25, 0.3) is 0 Å². The number of aliphatic hydroxyl groups excluding tert-OH is 1. The van der Waals surface area contributed by atoms with E-state index in [2.05, 4.69) is 30.6 Å². The topological polar surface area (TPSA) is 165 Å². The van der Waals surface area contributed by atoms with Gasteiger partial charge in [-0.1, -0.05) is 38.8 Å². The van der Waals surface area contributed by atoms with Crippen LogP contribution in [-0.2, 0) is 19.1 Å². The van der Waals surface area contributed by atoms with Gasteiger partial charge in [0.15, 0.2) is 5.75 Å². The summed E-state index contributed by atoms with van der Waals surface area (Å²) in [4.78, 5) is 35.4. The Morgan fingerprint density at radius 1 is 1.10 bits per heavy atom. The minimum absolute atomic E-state index is 0.00475. The summed E-state index contributed by atoms with van der Waals surface area (Å²) in [6.07, 6.45) is 13.2. The van der Waals surface area contributed by atoms with Crippen LogP contribution in [0.5, 0.6) is 11.5 Å². The number of carbonyl (C=O) groups excluding carboxylic acids is 3. The lowest BCUT2D eigenvalue weighted by molar-refractivity contribution is -0.146. The molecule has 5 unspecified atom stereocenters. The quantitative estimate of drug-likeness (QED) is 0.0460. The lowest BCUT2D eigenvalue weighted by atomic mass is 9.46. The molecule has 0 bridgehead atoms. The van der Waals surface area contributed by atoms with Crippen LogP contribution >= 0.6 is 0 Å². The first kappa shape index (κ1) is 36.2. The lowest BCUT2D eigenvalue weighted by Gasteiger charge is -2.59. The van der Waals surface area contributed by atoms with E-state index in [1.807, 2.05) is 13.8 Å². The summed E-state index contributed by atoms with van der Waals surface area (Å²) < 4.78 is 5.43. The number of rotatable bonds is 13. The Kier molecular flexibility index (Phi) is 10.8. The maximum atomic E-state index is 12.4. The average Bonchev–Trinajstić information content (AvgIpc) is 3.41. The Bertz CT molecular complexity index is 1390. The van der Waals surface area contributed by atoms with Crippen molar-refractivity contribution in [2.75, 3.05) is 17.2 Å². The number of allylic oxidation sites excluding steroid dienone is 1. The first-order valence-corrected chi connectivity index (χ1v) is 18.0. The maximum Gasteiger partial charge on any atom is 0.306 e. The SMILES string of the molecule is CC(CCC[C@](C)(O)C1CCC2C3CC=C4C[C@@H](O)CC[C@]4(C)C3CC[C@@]21C)COC(=O)CCC(=O)Nc1ccc(O)c(NC=O)c1O. The molecule has 5 rings (SSSR count). The van der Waals surface area contributed by atoms with E-state index in [1.54, 1.807) is 0 Å². The molecular formula is C38H56N2O8. The number of aliphatic hydroxyl groups is 2. The number of hydrogen-bond donors (Lipinski definition) is 6. The number of phenols is 2. The number of aromatic hydroxyl groups is 2. The predicted octanol–water partition coefficient (Wildman–Crippen LogP) is 6.43. The van der Waals surface area contributed by atoms with Crippen molar-refractivity contribution in [1.29, 1.82) is 0 Å². The monoisotopic (exact) mass is 668 g/mol. The molecule has 6 N–H and O–H groups in total. The van der Waals surface area contributed by atoms with Gasteiger partial charge >= 0.3 is 5.97 Å². The molecule has 0 aromatic heterocycles. The number of esters is 1. The standard InChI is InChI=1S/C38H56N2O8/c1-23(21-48-33(45)14-13-32(44)40-29-10-11-30(43)34(35(29)46)39-22-41)6-5-17-38(4,47)31-12-9-27-26-8-7-24-20-25(42)15-18-36(24,2)28(26)16-19-37(27,31)3/h7,10-11,22-23,25-28,31,42-43,46-47H,5-6,8-9,12-21H2,1-4H3,(H,39,41)(H,40,44)/t23?,25-,26?,27?,28?,31?,36-,37-,38-/m0/s1. The van der Waals surface area contributed by atoms with Crippen LogP contribution in [0.15, 0.2) is 23.8 Å². The zero-order valence-electron chi connectivity index (χ0n) is 29.1. The molecule has 3 saturated carbocycles. The third kappa shape index (κ3) is 7.25. The smallest absolute Gasteiger partial charge is 0.306 e. The molecular weight excluding hydrogens is 612 g/mol. The molecule has 0 heterocycles. The molecule has 0 radical (unpaired) electrons. The number of nitrogens with one attached hydrogen (secondary N) is 2. The number of anilines is 2. The van der Waals surface area contributed by atoms with Gasteiger partial charge < -0.3 is 35.8 Å². The zero-order valence-corrected chi connectivity index (χ0v) is 29.1. The molecule has 266 valence electrons. The van der Waals surface area contributed by atoms with Crippen molar-refractivity contribution in [1.82, 2.24) is 0 Å². The van der Waals surface area contributed by atoms with E-state index in [1.165, 1.54) is 30.5 Å². The second kappa shape index (κ2) is 14.4. The zero-order chi connectivity index (χ0) is 34.9. The van der Waals surface area contributed by atoms with Gasteiger partial charge in [0.05, 0.1) is 30.4 Å². The van der Waals surface area contributed by atoms with Crippen molar-refractivity contribution in [3.05, 3.63) is 23.8 Å². The molecule has 10 nitrogen and oxygen atoms in total. The molecule has 10 heteroatoms. The van der Waals surface area contributed by atoms with E-state index in [-0.39, 0.29) is 65.3 Å². The number of ether oxygens (including phenoxy) is 1. The van der Waals surface area contributed by atoms with Gasteiger partial charge in [-0.3, -0.25) is 14.4 Å². The summed E-state index contributed by atoms with van der Waals surface area (Å²) in [5, 5.41) is 46.8. The van der Waals surface area contributed by atoms with Crippen molar-refractivity contribution >= 4 is 29.7 Å². The average molecular weight is 669 g/mol. The van der Waals surface area contributed by atoms with Crippen LogP contribution in [0.2, 0.25) is 0 Å². The summed E-state index contributed by atoms with van der Waals surface area (Å²) in [5.74, 6) is 0.471. The molecule has 1 aromatic carbocycles. The highest BCUT2D eigenvalue weighted by Crippen LogP contribution is 2.67. The van der Waals surface area contributed by atoms with E-state index < -0.39 is 23.2 Å². The van der Waals surface area contributed by atoms with Crippen molar-refractivity contribution in [3.63, 3.8) is 0 Å². The minimum Gasteiger partial charge on any atom is -0.506 e. The normalized spacial score (nSPS) is 32.8. The third-order valence-corrected chi connectivity index (χ3v) is 12.9. The van der Waals surface area contributed by atoms with Crippen molar-refractivity contribution in [2.45, 2.75) is 123 Å². The highest BCUT2D eigenvalue weighted by molar-refractivity contribution is 5.96. The number of benzene rings is 1. The van der Waals surface area contributed by atoms with Gasteiger partial charge in [0, 0.05) is 6.42 Å². The number of fused-ring (bicyclic) bond motifs is 5. The van der Waals surface area contributed by atoms with Crippen LogP contribution in [-0.4, -0.2) is 57.0 Å². The molecule has 48 heavy (non-hydrogen) atoms. The van der Waals surface area contributed by atoms with E-state index in [4.69, 9.17) is 4.74 Å². The first-order valence-electron chi connectivity index (χ1n) is 18.0. The Hall–Kier alpha value is -3.11. The molecule has 1 aromatic rings. The maximum absolute atomic E-state index is 12.4. The van der Waals surface area contributed by atoms with Crippen LogP contribution in [0.1, 0.15) is 111 Å². The molecule has 4 aliphatic carbocycles. The Labute approximate surface area is 284 Å². The van der Waals surface area contributed by atoms with Crippen LogP contribution < -0.4 is 10.6 Å². The van der Waals surface area contributed by atoms with Crippen molar-refractivity contribution in [2.24, 2.45) is 40.4 Å². The molecule has 2 amide bonds. The van der Waals surface area contributed by atoms with Gasteiger partial charge in [-0.2, -0.15) is 0 Å². The van der Waals surface area contributed by atoms with E-state index in [9.17, 15) is 34.8 Å². The van der Waals surface area contributed by atoms with Gasteiger partial charge in [-0.05, 0) is 124 Å². The predicted molar refractivity (Wildman–Crippen MR) is 183 cm³/mol. The molecule has 4 aliphatic rings. The molecule has 9 atom stereocenters. The van der Waals surface area contributed by atoms with Crippen molar-refractivity contribution < 1.29 is 39.5 Å². The van der Waals surface area contributed by atoms with E-state index in [0.717, 1.165) is 51.4 Å². The number of hydrogen-bond acceptors (Lipinski definition) is 8. The summed E-state index contributed by atoms with van der Waals surface area (Å²) in [6, 6.07) is 2.51. The number of amides is 2. The van der Waals surface area contributed by atoms with Crippen LogP contribution in [0, 0.1) is 40.4 Å². The third-order valence-electron chi connectivity index (χ3n) is 12.9. The highest BCUT2D eigenvalue weighted by Gasteiger charge is 2.61. The summed E-state index contributed by atoms with van der Waals surface area (Å²) in [7, 11) is 0. The summed E-state index contributed by atoms with van der Waals surface area (Å²) >= 11 is 0. The summed E-state index contributed by atoms with van der Waals surface area (Å²) in [6.45, 7) is 9.20. The second-order valence-corrected chi connectivity index (χ2v) is 16.0. The molecule has 0 saturated heterocycles. The summed E-state index contributed by atoms with van der Waals surface area (Å²) in [5.41, 5.74) is 0.852.